The minimum absolute atomic E-state index is 0.114. The molecule has 0 radical (unpaired) electrons. The molecule has 4 nitrogen and oxygen atoms in total. The van der Waals surface area contributed by atoms with Gasteiger partial charge in [0.15, 0.2) is 0 Å². The van der Waals surface area contributed by atoms with Gasteiger partial charge in [0.05, 0.1) is 19.3 Å². The average Bonchev–Trinajstić information content (AvgIpc) is 2.22. The van der Waals surface area contributed by atoms with Crippen LogP contribution in [0.5, 0.6) is 0 Å². The van der Waals surface area contributed by atoms with E-state index in [4.69, 9.17) is 10.2 Å². The SMILES string of the molecule is OCCN(CCO)CC1CCCCC1O. The third kappa shape index (κ3) is 4.47. The Morgan fingerprint density at radius 3 is 2.13 bits per heavy atom. The van der Waals surface area contributed by atoms with Crippen LogP contribution in [0.15, 0.2) is 0 Å². The van der Waals surface area contributed by atoms with Crippen molar-refractivity contribution in [3.63, 3.8) is 0 Å². The van der Waals surface area contributed by atoms with Crippen molar-refractivity contribution in [3.05, 3.63) is 0 Å². The lowest BCUT2D eigenvalue weighted by molar-refractivity contribution is 0.0386. The molecule has 2 atom stereocenters. The van der Waals surface area contributed by atoms with Crippen molar-refractivity contribution < 1.29 is 15.3 Å². The van der Waals surface area contributed by atoms with Crippen LogP contribution >= 0.6 is 0 Å². The summed E-state index contributed by atoms with van der Waals surface area (Å²) in [4.78, 5) is 2.03. The summed E-state index contributed by atoms with van der Waals surface area (Å²) in [6.45, 7) is 2.20. The second-order valence-corrected chi connectivity index (χ2v) is 4.36. The minimum atomic E-state index is -0.196. The first-order valence-electron chi connectivity index (χ1n) is 5.90. The second kappa shape index (κ2) is 7.17. The highest BCUT2D eigenvalue weighted by Crippen LogP contribution is 2.24. The van der Waals surface area contributed by atoms with Crippen molar-refractivity contribution in [2.45, 2.75) is 31.8 Å². The third-order valence-corrected chi connectivity index (χ3v) is 3.19. The second-order valence-electron chi connectivity index (χ2n) is 4.36. The average molecular weight is 217 g/mol. The van der Waals surface area contributed by atoms with Crippen LogP contribution in [-0.4, -0.2) is 59.2 Å². The Morgan fingerprint density at radius 1 is 1.00 bits per heavy atom. The molecule has 1 aliphatic rings. The van der Waals surface area contributed by atoms with Crippen LogP contribution in [0.3, 0.4) is 0 Å². The number of aliphatic hydroxyl groups is 3. The summed E-state index contributed by atoms with van der Waals surface area (Å²) < 4.78 is 0. The first-order valence-corrected chi connectivity index (χ1v) is 5.90. The van der Waals surface area contributed by atoms with Crippen molar-refractivity contribution in [3.8, 4) is 0 Å². The molecule has 4 heteroatoms. The molecule has 0 aromatic heterocycles. The summed E-state index contributed by atoms with van der Waals surface area (Å²) >= 11 is 0. The highest BCUT2D eigenvalue weighted by atomic mass is 16.3. The molecular weight excluding hydrogens is 194 g/mol. The molecule has 15 heavy (non-hydrogen) atoms. The van der Waals surface area contributed by atoms with Crippen molar-refractivity contribution in [2.24, 2.45) is 5.92 Å². The number of aliphatic hydroxyl groups excluding tert-OH is 3. The van der Waals surface area contributed by atoms with Crippen molar-refractivity contribution in [2.75, 3.05) is 32.8 Å². The minimum Gasteiger partial charge on any atom is -0.395 e. The first kappa shape index (κ1) is 12.9. The Morgan fingerprint density at radius 2 is 1.60 bits per heavy atom. The van der Waals surface area contributed by atoms with E-state index in [0.717, 1.165) is 25.8 Å². The molecule has 0 aromatic carbocycles. The Hall–Kier alpha value is -0.160. The molecule has 0 amide bonds. The third-order valence-electron chi connectivity index (χ3n) is 3.19. The number of nitrogens with zero attached hydrogens (tertiary/aromatic N) is 1. The zero-order chi connectivity index (χ0) is 11.1. The summed E-state index contributed by atoms with van der Waals surface area (Å²) in [5.74, 6) is 0.317. The maximum atomic E-state index is 9.80. The standard InChI is InChI=1S/C11H23NO3/c13-7-5-12(6-8-14)9-10-3-1-2-4-11(10)15/h10-11,13-15H,1-9H2. The van der Waals surface area contributed by atoms with Gasteiger partial charge in [0.1, 0.15) is 0 Å². The van der Waals surface area contributed by atoms with Gasteiger partial charge in [0.25, 0.3) is 0 Å². The van der Waals surface area contributed by atoms with Gasteiger partial charge in [-0.2, -0.15) is 0 Å². The molecule has 0 saturated heterocycles. The summed E-state index contributed by atoms with van der Waals surface area (Å²) in [6, 6.07) is 0. The molecule has 0 aliphatic heterocycles. The molecule has 3 N–H and O–H groups in total. The Balaban J connectivity index is 2.33. The van der Waals surface area contributed by atoms with Gasteiger partial charge in [-0.25, -0.2) is 0 Å². The van der Waals surface area contributed by atoms with E-state index in [9.17, 15) is 5.11 Å². The number of hydrogen-bond donors (Lipinski definition) is 3. The van der Waals surface area contributed by atoms with E-state index >= 15 is 0 Å². The number of hydrogen-bond acceptors (Lipinski definition) is 4. The maximum Gasteiger partial charge on any atom is 0.0580 e. The van der Waals surface area contributed by atoms with Crippen molar-refractivity contribution in [1.82, 2.24) is 4.90 Å². The van der Waals surface area contributed by atoms with Crippen LogP contribution in [0.4, 0.5) is 0 Å². The van der Waals surface area contributed by atoms with Crippen molar-refractivity contribution >= 4 is 0 Å². The maximum absolute atomic E-state index is 9.80. The predicted octanol–water partition coefficient (Wildman–Crippen LogP) is -0.176. The van der Waals surface area contributed by atoms with E-state index in [1.165, 1.54) is 6.42 Å². The fourth-order valence-corrected chi connectivity index (χ4v) is 2.31. The Kier molecular flexibility index (Phi) is 6.17. The lowest BCUT2D eigenvalue weighted by atomic mass is 9.86. The molecular formula is C11H23NO3. The van der Waals surface area contributed by atoms with Crippen LogP contribution in [0, 0.1) is 5.92 Å². The van der Waals surface area contributed by atoms with Gasteiger partial charge in [-0.1, -0.05) is 12.8 Å². The Bertz CT molecular complexity index is 160. The molecule has 0 heterocycles. The molecule has 0 spiro atoms. The summed E-state index contributed by atoms with van der Waals surface area (Å²) in [5.41, 5.74) is 0. The van der Waals surface area contributed by atoms with Crippen LogP contribution in [0.25, 0.3) is 0 Å². The Labute approximate surface area is 91.5 Å². The van der Waals surface area contributed by atoms with E-state index < -0.39 is 0 Å². The normalized spacial score (nSPS) is 27.2. The summed E-state index contributed by atoms with van der Waals surface area (Å²) in [5, 5.41) is 27.5. The zero-order valence-electron chi connectivity index (χ0n) is 9.31. The van der Waals surface area contributed by atoms with Gasteiger partial charge in [-0.15, -0.1) is 0 Å². The topological polar surface area (TPSA) is 63.9 Å². The molecule has 1 saturated carbocycles. The molecule has 0 bridgehead atoms. The number of rotatable bonds is 6. The van der Waals surface area contributed by atoms with Gasteiger partial charge < -0.3 is 15.3 Å². The fourth-order valence-electron chi connectivity index (χ4n) is 2.31. The van der Waals surface area contributed by atoms with E-state index in [1.807, 2.05) is 4.90 Å². The molecule has 1 rings (SSSR count). The highest BCUT2D eigenvalue weighted by molar-refractivity contribution is 4.77. The van der Waals surface area contributed by atoms with Crippen LogP contribution in [0.1, 0.15) is 25.7 Å². The zero-order valence-corrected chi connectivity index (χ0v) is 9.31. The monoisotopic (exact) mass is 217 g/mol. The predicted molar refractivity (Wildman–Crippen MR) is 58.6 cm³/mol. The van der Waals surface area contributed by atoms with Gasteiger partial charge in [-0.3, -0.25) is 4.90 Å². The molecule has 90 valence electrons. The van der Waals surface area contributed by atoms with Gasteiger partial charge in [-0.05, 0) is 18.8 Å². The van der Waals surface area contributed by atoms with E-state index in [0.29, 0.717) is 19.0 Å². The van der Waals surface area contributed by atoms with Crippen molar-refractivity contribution in [1.29, 1.82) is 0 Å². The fraction of sp³-hybridized carbons (Fsp3) is 1.00. The van der Waals surface area contributed by atoms with E-state index in [2.05, 4.69) is 0 Å². The smallest absolute Gasteiger partial charge is 0.0580 e. The molecule has 1 fully saturated rings. The summed E-state index contributed by atoms with van der Waals surface area (Å²) in [7, 11) is 0. The van der Waals surface area contributed by atoms with E-state index in [-0.39, 0.29) is 19.3 Å². The first-order chi connectivity index (χ1) is 7.27. The van der Waals surface area contributed by atoms with Gasteiger partial charge in [0, 0.05) is 19.6 Å². The molecule has 2 unspecified atom stereocenters. The molecule has 0 aromatic rings. The van der Waals surface area contributed by atoms with Crippen LogP contribution in [0.2, 0.25) is 0 Å². The van der Waals surface area contributed by atoms with Gasteiger partial charge in [0.2, 0.25) is 0 Å². The quantitative estimate of drug-likeness (QED) is 0.578. The van der Waals surface area contributed by atoms with Crippen LogP contribution in [-0.2, 0) is 0 Å². The lowest BCUT2D eigenvalue weighted by Gasteiger charge is -2.32. The van der Waals surface area contributed by atoms with Crippen LogP contribution < -0.4 is 0 Å². The highest BCUT2D eigenvalue weighted by Gasteiger charge is 2.24. The lowest BCUT2D eigenvalue weighted by Crippen LogP contribution is -2.39. The summed E-state index contributed by atoms with van der Waals surface area (Å²) in [6.07, 6.45) is 4.08. The largest absolute Gasteiger partial charge is 0.395 e. The van der Waals surface area contributed by atoms with Gasteiger partial charge >= 0.3 is 0 Å². The van der Waals surface area contributed by atoms with E-state index in [1.54, 1.807) is 0 Å². The molecule has 1 aliphatic carbocycles.